The van der Waals surface area contributed by atoms with Crippen LogP contribution in [0.4, 0.5) is 5.69 Å². The summed E-state index contributed by atoms with van der Waals surface area (Å²) in [6.45, 7) is 0.0910. The van der Waals surface area contributed by atoms with Gasteiger partial charge in [0.25, 0.3) is 0 Å². The molecule has 0 amide bonds. The van der Waals surface area contributed by atoms with Crippen molar-refractivity contribution in [2.75, 3.05) is 26.1 Å². The molecule has 17 heavy (non-hydrogen) atoms. The molecule has 94 valence electrons. The number of carboxylic acid groups (broad SMARTS) is 1. The van der Waals surface area contributed by atoms with Gasteiger partial charge in [-0.3, -0.25) is 0 Å². The molecule has 2 N–H and O–H groups in total. The molecule has 0 saturated carbocycles. The number of rotatable bonds is 6. The largest absolute Gasteiger partial charge is 0.495 e. The number of hydrogen-bond acceptors (Lipinski definition) is 4. The zero-order chi connectivity index (χ0) is 12.8. The van der Waals surface area contributed by atoms with Crippen molar-refractivity contribution in [3.63, 3.8) is 0 Å². The van der Waals surface area contributed by atoms with E-state index in [4.69, 9.17) is 14.6 Å². The van der Waals surface area contributed by atoms with Crippen molar-refractivity contribution in [1.29, 1.82) is 0 Å². The maximum Gasteiger partial charge on any atom is 0.328 e. The fraction of sp³-hybridized carbons (Fsp3) is 0.364. The van der Waals surface area contributed by atoms with Crippen LogP contribution in [0.15, 0.2) is 22.7 Å². The van der Waals surface area contributed by atoms with Gasteiger partial charge in [0.1, 0.15) is 11.8 Å². The van der Waals surface area contributed by atoms with E-state index in [9.17, 15) is 4.79 Å². The lowest BCUT2D eigenvalue weighted by molar-refractivity contribution is -0.139. The van der Waals surface area contributed by atoms with Gasteiger partial charge in [0.15, 0.2) is 0 Å². The Morgan fingerprint density at radius 3 is 2.76 bits per heavy atom. The normalized spacial score (nSPS) is 11.9. The summed E-state index contributed by atoms with van der Waals surface area (Å²) < 4.78 is 10.8. The Balaban J connectivity index is 2.82. The van der Waals surface area contributed by atoms with E-state index in [1.54, 1.807) is 25.3 Å². The summed E-state index contributed by atoms with van der Waals surface area (Å²) >= 11 is 3.32. The van der Waals surface area contributed by atoms with Gasteiger partial charge in [-0.1, -0.05) is 0 Å². The Labute approximate surface area is 108 Å². The van der Waals surface area contributed by atoms with Gasteiger partial charge in [-0.15, -0.1) is 0 Å². The minimum atomic E-state index is -0.964. The first kappa shape index (κ1) is 13.8. The van der Waals surface area contributed by atoms with Gasteiger partial charge in [0, 0.05) is 18.9 Å². The Morgan fingerprint density at radius 2 is 2.24 bits per heavy atom. The third-order valence-corrected chi connectivity index (χ3v) is 2.78. The van der Waals surface area contributed by atoms with Crippen LogP contribution < -0.4 is 10.1 Å². The number of hydrogen-bond donors (Lipinski definition) is 2. The summed E-state index contributed by atoms with van der Waals surface area (Å²) in [6, 6.07) is 4.48. The van der Waals surface area contributed by atoms with Gasteiger partial charge in [-0.25, -0.2) is 4.79 Å². The molecule has 0 radical (unpaired) electrons. The number of carboxylic acids is 1. The average Bonchev–Trinajstić information content (AvgIpc) is 2.30. The molecule has 1 unspecified atom stereocenters. The number of ether oxygens (including phenoxy) is 2. The topological polar surface area (TPSA) is 67.8 Å². The van der Waals surface area contributed by atoms with E-state index in [0.717, 1.165) is 4.47 Å². The maximum absolute atomic E-state index is 10.9. The van der Waals surface area contributed by atoms with Gasteiger partial charge in [-0.05, 0) is 28.1 Å². The maximum atomic E-state index is 10.9. The first-order valence-corrected chi connectivity index (χ1v) is 5.69. The minimum absolute atomic E-state index is 0.0910. The van der Waals surface area contributed by atoms with E-state index in [1.807, 2.05) is 0 Å². The van der Waals surface area contributed by atoms with Crippen LogP contribution in [0.2, 0.25) is 0 Å². The highest BCUT2D eigenvalue weighted by Crippen LogP contribution is 2.28. The summed E-state index contributed by atoms with van der Waals surface area (Å²) in [5.74, 6) is -0.328. The van der Waals surface area contributed by atoms with E-state index in [2.05, 4.69) is 21.2 Å². The molecule has 5 nitrogen and oxygen atoms in total. The Kier molecular flexibility index (Phi) is 5.24. The number of halogens is 1. The summed E-state index contributed by atoms with van der Waals surface area (Å²) in [5, 5.41) is 11.8. The fourth-order valence-corrected chi connectivity index (χ4v) is 1.70. The number of aliphatic carboxylic acids is 1. The lowest BCUT2D eigenvalue weighted by Gasteiger charge is -2.15. The van der Waals surface area contributed by atoms with Crippen LogP contribution in [0.25, 0.3) is 0 Å². The highest BCUT2D eigenvalue weighted by Gasteiger charge is 2.17. The second-order valence-corrected chi connectivity index (χ2v) is 4.19. The predicted octanol–water partition coefficient (Wildman–Crippen LogP) is 1.97. The van der Waals surface area contributed by atoms with Crippen LogP contribution in [0, 0.1) is 0 Å². The van der Waals surface area contributed by atoms with Crippen molar-refractivity contribution in [3.8, 4) is 5.75 Å². The number of benzene rings is 1. The molecule has 1 aromatic carbocycles. The van der Waals surface area contributed by atoms with Crippen LogP contribution >= 0.6 is 15.9 Å². The van der Waals surface area contributed by atoms with Crippen molar-refractivity contribution in [1.82, 2.24) is 0 Å². The van der Waals surface area contributed by atoms with Crippen LogP contribution in [0.5, 0.6) is 5.75 Å². The van der Waals surface area contributed by atoms with Crippen molar-refractivity contribution < 1.29 is 19.4 Å². The van der Waals surface area contributed by atoms with Crippen molar-refractivity contribution in [3.05, 3.63) is 22.7 Å². The molecule has 0 aliphatic rings. The number of methoxy groups -OCH3 is 2. The third kappa shape index (κ3) is 3.90. The average molecular weight is 304 g/mol. The molecular formula is C11H14BrNO4. The summed E-state index contributed by atoms with van der Waals surface area (Å²) in [6.07, 6.45) is 0. The molecule has 6 heteroatoms. The van der Waals surface area contributed by atoms with Crippen molar-refractivity contribution in [2.45, 2.75) is 6.04 Å². The zero-order valence-electron chi connectivity index (χ0n) is 9.57. The van der Waals surface area contributed by atoms with E-state index in [-0.39, 0.29) is 6.61 Å². The standard InChI is InChI=1S/C11H14BrNO4/c1-16-6-9(11(14)15)13-7-3-4-8(12)10(5-7)17-2/h3-5,9,13H,6H2,1-2H3,(H,14,15). The van der Waals surface area contributed by atoms with Gasteiger partial charge in [-0.2, -0.15) is 0 Å². The molecular weight excluding hydrogens is 290 g/mol. The molecule has 0 saturated heterocycles. The van der Waals surface area contributed by atoms with Crippen molar-refractivity contribution in [2.24, 2.45) is 0 Å². The molecule has 0 fully saturated rings. The van der Waals surface area contributed by atoms with Crippen LogP contribution in [0.1, 0.15) is 0 Å². The van der Waals surface area contributed by atoms with E-state index >= 15 is 0 Å². The fourth-order valence-electron chi connectivity index (χ4n) is 1.29. The number of carbonyl (C=O) groups is 1. The summed E-state index contributed by atoms with van der Waals surface area (Å²) in [4.78, 5) is 10.9. The monoisotopic (exact) mass is 303 g/mol. The first-order valence-electron chi connectivity index (χ1n) is 4.90. The molecule has 1 rings (SSSR count). The zero-order valence-corrected chi connectivity index (χ0v) is 11.2. The molecule has 0 aliphatic heterocycles. The molecule has 0 spiro atoms. The SMILES string of the molecule is COCC(Nc1ccc(Br)c(OC)c1)C(=O)O. The highest BCUT2D eigenvalue weighted by atomic mass is 79.9. The van der Waals surface area contributed by atoms with E-state index < -0.39 is 12.0 Å². The molecule has 0 bridgehead atoms. The van der Waals surface area contributed by atoms with Crippen molar-refractivity contribution >= 4 is 27.6 Å². The van der Waals surface area contributed by atoms with Crippen LogP contribution in [-0.2, 0) is 9.53 Å². The molecule has 0 aliphatic carbocycles. The van der Waals surface area contributed by atoms with E-state index in [0.29, 0.717) is 11.4 Å². The molecule has 0 aromatic heterocycles. The quantitative estimate of drug-likeness (QED) is 0.841. The number of anilines is 1. The second-order valence-electron chi connectivity index (χ2n) is 3.34. The lowest BCUT2D eigenvalue weighted by Crippen LogP contribution is -2.33. The van der Waals surface area contributed by atoms with Gasteiger partial charge >= 0.3 is 5.97 Å². The Bertz CT molecular complexity index is 397. The van der Waals surface area contributed by atoms with Gasteiger partial charge in [0.2, 0.25) is 0 Å². The summed E-state index contributed by atoms with van der Waals surface area (Å²) in [7, 11) is 3.01. The first-order chi connectivity index (χ1) is 8.08. The minimum Gasteiger partial charge on any atom is -0.495 e. The Hall–Kier alpha value is -1.27. The smallest absolute Gasteiger partial charge is 0.328 e. The van der Waals surface area contributed by atoms with Gasteiger partial charge in [0.05, 0.1) is 18.2 Å². The Morgan fingerprint density at radius 1 is 1.53 bits per heavy atom. The predicted molar refractivity (Wildman–Crippen MR) is 67.6 cm³/mol. The molecule has 1 atom stereocenters. The van der Waals surface area contributed by atoms with Crippen LogP contribution in [-0.4, -0.2) is 37.9 Å². The van der Waals surface area contributed by atoms with Crippen LogP contribution in [0.3, 0.4) is 0 Å². The lowest BCUT2D eigenvalue weighted by atomic mass is 10.2. The number of nitrogens with one attached hydrogen (secondary N) is 1. The highest BCUT2D eigenvalue weighted by molar-refractivity contribution is 9.10. The summed E-state index contributed by atoms with van der Waals surface area (Å²) in [5.41, 5.74) is 0.662. The van der Waals surface area contributed by atoms with E-state index in [1.165, 1.54) is 7.11 Å². The van der Waals surface area contributed by atoms with Gasteiger partial charge < -0.3 is 19.9 Å². The molecule has 0 heterocycles. The third-order valence-electron chi connectivity index (χ3n) is 2.12. The molecule has 1 aromatic rings. The second kappa shape index (κ2) is 6.46.